The molecule has 0 bridgehead atoms. The van der Waals surface area contributed by atoms with E-state index in [2.05, 4.69) is 17.4 Å². The highest BCUT2D eigenvalue weighted by Gasteiger charge is 2.15. The van der Waals surface area contributed by atoms with Crippen molar-refractivity contribution in [1.82, 2.24) is 5.32 Å². The molecule has 1 aliphatic carbocycles. The predicted molar refractivity (Wildman–Crippen MR) is 103 cm³/mol. The normalized spacial score (nSPS) is 14.7. The van der Waals surface area contributed by atoms with Gasteiger partial charge in [0.05, 0.1) is 7.11 Å². The average molecular weight is 353 g/mol. The topological polar surface area (TPSA) is 47.6 Å². The van der Waals surface area contributed by atoms with Gasteiger partial charge in [0.25, 0.3) is 5.91 Å². The van der Waals surface area contributed by atoms with E-state index in [9.17, 15) is 4.79 Å². The molecule has 1 amide bonds. The molecule has 4 nitrogen and oxygen atoms in total. The van der Waals surface area contributed by atoms with E-state index in [-0.39, 0.29) is 12.5 Å². The zero-order valence-electron chi connectivity index (χ0n) is 15.4. The zero-order valence-corrected chi connectivity index (χ0v) is 15.4. The molecule has 2 aromatic rings. The molecular weight excluding hydrogens is 326 g/mol. The van der Waals surface area contributed by atoms with Gasteiger partial charge in [-0.15, -0.1) is 0 Å². The van der Waals surface area contributed by atoms with E-state index >= 15 is 0 Å². The Balaban J connectivity index is 1.45. The van der Waals surface area contributed by atoms with E-state index in [1.54, 1.807) is 7.11 Å². The summed E-state index contributed by atoms with van der Waals surface area (Å²) in [5.74, 6) is 2.04. The van der Waals surface area contributed by atoms with Crippen molar-refractivity contribution in [2.45, 2.75) is 44.6 Å². The van der Waals surface area contributed by atoms with Gasteiger partial charge >= 0.3 is 0 Å². The first kappa shape index (κ1) is 18.3. The third-order valence-electron chi connectivity index (χ3n) is 5.00. The number of nitrogens with one attached hydrogen (secondary N) is 1. The van der Waals surface area contributed by atoms with Crippen molar-refractivity contribution in [3.8, 4) is 11.5 Å². The smallest absolute Gasteiger partial charge is 0.258 e. The fraction of sp³-hybridized carbons (Fsp3) is 0.409. The van der Waals surface area contributed by atoms with Crippen molar-refractivity contribution in [2.24, 2.45) is 0 Å². The molecule has 0 aliphatic heterocycles. The van der Waals surface area contributed by atoms with Crippen LogP contribution in [0.2, 0.25) is 0 Å². The third kappa shape index (κ3) is 5.01. The Hall–Kier alpha value is -2.49. The fourth-order valence-corrected chi connectivity index (χ4v) is 3.51. The summed E-state index contributed by atoms with van der Waals surface area (Å²) in [4.78, 5) is 12.0. The van der Waals surface area contributed by atoms with Gasteiger partial charge in [-0.25, -0.2) is 0 Å². The number of ether oxygens (including phenoxy) is 2. The molecule has 0 spiro atoms. The Kier molecular flexibility index (Phi) is 6.53. The zero-order chi connectivity index (χ0) is 18.2. The number of hydrogen-bond acceptors (Lipinski definition) is 3. The van der Waals surface area contributed by atoms with Crippen LogP contribution >= 0.6 is 0 Å². The molecule has 0 radical (unpaired) electrons. The average Bonchev–Trinajstić information content (AvgIpc) is 2.72. The van der Waals surface area contributed by atoms with Crippen LogP contribution in [0.25, 0.3) is 0 Å². The lowest BCUT2D eigenvalue weighted by Crippen LogP contribution is -2.28. The van der Waals surface area contributed by atoms with Gasteiger partial charge in [0.15, 0.2) is 6.61 Å². The van der Waals surface area contributed by atoms with E-state index in [4.69, 9.17) is 9.47 Å². The number of hydrogen-bond donors (Lipinski definition) is 1. The standard InChI is InChI=1S/C22H27NO3/c1-25-21-10-6-5-9-19(21)15-23-22(24)16-26-20-13-11-18(12-14-20)17-7-3-2-4-8-17/h5-6,9-14,17H,2-4,7-8,15-16H2,1H3,(H,23,24). The Morgan fingerprint density at radius 3 is 2.50 bits per heavy atom. The van der Waals surface area contributed by atoms with Crippen LogP contribution in [0.5, 0.6) is 11.5 Å². The minimum atomic E-state index is -0.146. The van der Waals surface area contributed by atoms with Crippen molar-refractivity contribution in [3.05, 3.63) is 59.7 Å². The third-order valence-corrected chi connectivity index (χ3v) is 5.00. The summed E-state index contributed by atoms with van der Waals surface area (Å²) in [5, 5.41) is 2.86. The molecule has 2 aromatic carbocycles. The fourth-order valence-electron chi connectivity index (χ4n) is 3.51. The molecule has 3 rings (SSSR count). The van der Waals surface area contributed by atoms with Gasteiger partial charge in [-0.3, -0.25) is 4.79 Å². The molecule has 0 aromatic heterocycles. The maximum Gasteiger partial charge on any atom is 0.258 e. The molecule has 0 heterocycles. The molecule has 0 atom stereocenters. The Labute approximate surface area is 155 Å². The van der Waals surface area contributed by atoms with Gasteiger partial charge in [0.2, 0.25) is 0 Å². The first-order valence-electron chi connectivity index (χ1n) is 9.37. The monoisotopic (exact) mass is 353 g/mol. The first-order chi connectivity index (χ1) is 12.8. The number of methoxy groups -OCH3 is 1. The molecule has 1 fully saturated rings. The summed E-state index contributed by atoms with van der Waals surface area (Å²) in [7, 11) is 1.63. The van der Waals surface area contributed by atoms with E-state index in [0.717, 1.165) is 17.1 Å². The van der Waals surface area contributed by atoms with Gasteiger partial charge in [-0.2, -0.15) is 0 Å². The van der Waals surface area contributed by atoms with Gasteiger partial charge < -0.3 is 14.8 Å². The Morgan fingerprint density at radius 1 is 1.04 bits per heavy atom. The highest BCUT2D eigenvalue weighted by molar-refractivity contribution is 5.77. The van der Waals surface area contributed by atoms with Crippen LogP contribution in [-0.2, 0) is 11.3 Å². The van der Waals surface area contributed by atoms with Crippen molar-refractivity contribution in [1.29, 1.82) is 0 Å². The molecular formula is C22H27NO3. The van der Waals surface area contributed by atoms with Crippen LogP contribution in [0.3, 0.4) is 0 Å². The number of rotatable bonds is 7. The largest absolute Gasteiger partial charge is 0.496 e. The maximum absolute atomic E-state index is 12.0. The SMILES string of the molecule is COc1ccccc1CNC(=O)COc1ccc(C2CCCCC2)cc1. The van der Waals surface area contributed by atoms with Crippen LogP contribution in [0.4, 0.5) is 0 Å². The highest BCUT2D eigenvalue weighted by atomic mass is 16.5. The number of benzene rings is 2. The molecule has 1 N–H and O–H groups in total. The Morgan fingerprint density at radius 2 is 1.77 bits per heavy atom. The Bertz CT molecular complexity index is 706. The predicted octanol–water partition coefficient (Wildman–Crippen LogP) is 4.44. The molecule has 1 aliphatic rings. The lowest BCUT2D eigenvalue weighted by Gasteiger charge is -2.22. The van der Waals surface area contributed by atoms with Crippen LogP contribution in [0.15, 0.2) is 48.5 Å². The lowest BCUT2D eigenvalue weighted by atomic mass is 9.84. The summed E-state index contributed by atoms with van der Waals surface area (Å²) >= 11 is 0. The summed E-state index contributed by atoms with van der Waals surface area (Å²) in [6.45, 7) is 0.435. The number of para-hydroxylation sites is 1. The first-order valence-corrected chi connectivity index (χ1v) is 9.37. The van der Waals surface area contributed by atoms with E-state index in [1.165, 1.54) is 37.7 Å². The summed E-state index contributed by atoms with van der Waals surface area (Å²) in [5.41, 5.74) is 2.33. The molecule has 26 heavy (non-hydrogen) atoms. The summed E-state index contributed by atoms with van der Waals surface area (Å²) in [6.07, 6.45) is 6.59. The van der Waals surface area contributed by atoms with Crippen LogP contribution in [-0.4, -0.2) is 19.6 Å². The maximum atomic E-state index is 12.0. The molecule has 138 valence electrons. The van der Waals surface area contributed by atoms with Crippen molar-refractivity contribution in [3.63, 3.8) is 0 Å². The highest BCUT2D eigenvalue weighted by Crippen LogP contribution is 2.33. The summed E-state index contributed by atoms with van der Waals surface area (Å²) < 4.78 is 10.9. The number of amides is 1. The molecule has 4 heteroatoms. The van der Waals surface area contributed by atoms with Crippen LogP contribution < -0.4 is 14.8 Å². The minimum absolute atomic E-state index is 0.0118. The van der Waals surface area contributed by atoms with Crippen molar-refractivity contribution >= 4 is 5.91 Å². The van der Waals surface area contributed by atoms with E-state index < -0.39 is 0 Å². The number of carbonyl (C=O) groups is 1. The second kappa shape index (κ2) is 9.27. The summed E-state index contributed by atoms with van der Waals surface area (Å²) in [6, 6.07) is 15.9. The molecule has 1 saturated carbocycles. The van der Waals surface area contributed by atoms with Gasteiger partial charge in [0.1, 0.15) is 11.5 Å². The van der Waals surface area contributed by atoms with Crippen molar-refractivity contribution in [2.75, 3.05) is 13.7 Å². The minimum Gasteiger partial charge on any atom is -0.496 e. The van der Waals surface area contributed by atoms with E-state index in [1.807, 2.05) is 36.4 Å². The van der Waals surface area contributed by atoms with Gasteiger partial charge in [-0.1, -0.05) is 49.6 Å². The van der Waals surface area contributed by atoms with Gasteiger partial charge in [-0.05, 0) is 42.5 Å². The second-order valence-corrected chi connectivity index (χ2v) is 6.78. The van der Waals surface area contributed by atoms with Crippen LogP contribution in [0.1, 0.15) is 49.1 Å². The quantitative estimate of drug-likeness (QED) is 0.800. The van der Waals surface area contributed by atoms with Crippen molar-refractivity contribution < 1.29 is 14.3 Å². The van der Waals surface area contributed by atoms with E-state index in [0.29, 0.717) is 12.5 Å². The lowest BCUT2D eigenvalue weighted by molar-refractivity contribution is -0.123. The molecule has 0 saturated heterocycles. The second-order valence-electron chi connectivity index (χ2n) is 6.78. The van der Waals surface area contributed by atoms with Gasteiger partial charge in [0, 0.05) is 12.1 Å². The molecule has 0 unspecified atom stereocenters. The van der Waals surface area contributed by atoms with Crippen LogP contribution in [0, 0.1) is 0 Å². The number of carbonyl (C=O) groups excluding carboxylic acids is 1.